The summed E-state index contributed by atoms with van der Waals surface area (Å²) in [7, 11) is 0. The molecule has 1 aromatic heterocycles. The lowest BCUT2D eigenvalue weighted by molar-refractivity contribution is -0.136. The van der Waals surface area contributed by atoms with Crippen LogP contribution in [0.15, 0.2) is 36.4 Å². The van der Waals surface area contributed by atoms with Crippen molar-refractivity contribution in [1.82, 2.24) is 15.5 Å². The summed E-state index contributed by atoms with van der Waals surface area (Å²) in [6, 6.07) is 7.85. The molecule has 1 amide bonds. The molecule has 1 aromatic carbocycles. The quantitative estimate of drug-likeness (QED) is 0.894. The second kappa shape index (κ2) is 6.46. The molecule has 5 nitrogen and oxygen atoms in total. The Hall–Kier alpha value is -2.64. The zero-order valence-corrected chi connectivity index (χ0v) is 13.4. The molecule has 0 unspecified atom stereocenters. The van der Waals surface area contributed by atoms with Crippen LogP contribution in [0, 0.1) is 0 Å². The third-order valence-corrected chi connectivity index (χ3v) is 2.88. The molecule has 0 spiro atoms. The molecule has 2 rings (SSSR count). The summed E-state index contributed by atoms with van der Waals surface area (Å²) in [4.78, 5) is 11.9. The Labute approximate surface area is 137 Å². The SMILES string of the molecule is CC(C)(C)NC(=O)c1ccc(Nc2ccccc2C(F)(F)F)nn1. The highest BCUT2D eigenvalue weighted by atomic mass is 19.4. The van der Waals surface area contributed by atoms with Crippen LogP contribution >= 0.6 is 0 Å². The van der Waals surface area contributed by atoms with Crippen molar-refractivity contribution in [2.45, 2.75) is 32.5 Å². The van der Waals surface area contributed by atoms with Crippen LogP contribution < -0.4 is 10.6 Å². The van der Waals surface area contributed by atoms with Crippen molar-refractivity contribution in [3.8, 4) is 0 Å². The van der Waals surface area contributed by atoms with Crippen molar-refractivity contribution in [3.63, 3.8) is 0 Å². The molecule has 8 heteroatoms. The minimum atomic E-state index is -4.48. The zero-order valence-electron chi connectivity index (χ0n) is 13.4. The van der Waals surface area contributed by atoms with Gasteiger partial charge in [-0.3, -0.25) is 4.79 Å². The Bertz CT molecular complexity index is 721. The van der Waals surface area contributed by atoms with Crippen LogP contribution in [0.25, 0.3) is 0 Å². The number of carbonyl (C=O) groups excluding carboxylic acids is 1. The second-order valence-corrected chi connectivity index (χ2v) is 6.18. The molecule has 2 aromatic rings. The van der Waals surface area contributed by atoms with Gasteiger partial charge in [-0.25, -0.2) is 0 Å². The monoisotopic (exact) mass is 338 g/mol. The van der Waals surface area contributed by atoms with Gasteiger partial charge in [0.1, 0.15) is 0 Å². The van der Waals surface area contributed by atoms with Gasteiger partial charge < -0.3 is 10.6 Å². The van der Waals surface area contributed by atoms with E-state index in [2.05, 4.69) is 20.8 Å². The first-order valence-corrected chi connectivity index (χ1v) is 7.16. The largest absolute Gasteiger partial charge is 0.418 e. The Morgan fingerprint density at radius 2 is 1.67 bits per heavy atom. The number of benzene rings is 1. The number of hydrogen-bond acceptors (Lipinski definition) is 4. The molecular formula is C16H17F3N4O. The Morgan fingerprint density at radius 3 is 2.21 bits per heavy atom. The summed E-state index contributed by atoms with van der Waals surface area (Å²) < 4.78 is 38.8. The van der Waals surface area contributed by atoms with Gasteiger partial charge in [-0.1, -0.05) is 12.1 Å². The summed E-state index contributed by atoms with van der Waals surface area (Å²) >= 11 is 0. The van der Waals surface area contributed by atoms with Crippen LogP contribution in [-0.2, 0) is 6.18 Å². The number of nitrogens with zero attached hydrogens (tertiary/aromatic N) is 2. The summed E-state index contributed by atoms with van der Waals surface area (Å²) in [6.07, 6.45) is -4.48. The molecule has 0 aliphatic carbocycles. The third kappa shape index (κ3) is 4.68. The van der Waals surface area contributed by atoms with Gasteiger partial charge in [0, 0.05) is 5.54 Å². The van der Waals surface area contributed by atoms with Crippen LogP contribution in [0.3, 0.4) is 0 Å². The number of carbonyl (C=O) groups is 1. The molecule has 0 fully saturated rings. The zero-order chi connectivity index (χ0) is 18.0. The fourth-order valence-corrected chi connectivity index (χ4v) is 1.90. The number of amides is 1. The lowest BCUT2D eigenvalue weighted by Crippen LogP contribution is -2.41. The van der Waals surface area contributed by atoms with E-state index in [1.54, 1.807) is 0 Å². The van der Waals surface area contributed by atoms with Gasteiger partial charge in [-0.2, -0.15) is 13.2 Å². The maximum absolute atomic E-state index is 12.9. The molecule has 0 aliphatic heterocycles. The minimum absolute atomic E-state index is 0.0829. The van der Waals surface area contributed by atoms with Crippen LogP contribution in [0.4, 0.5) is 24.7 Å². The Morgan fingerprint density at radius 1 is 1.00 bits per heavy atom. The summed E-state index contributed by atoms with van der Waals surface area (Å²) in [5.41, 5.74) is -1.28. The molecule has 24 heavy (non-hydrogen) atoms. The van der Waals surface area contributed by atoms with Gasteiger partial charge in [-0.15, -0.1) is 10.2 Å². The van der Waals surface area contributed by atoms with E-state index in [1.165, 1.54) is 30.3 Å². The smallest absolute Gasteiger partial charge is 0.346 e. The van der Waals surface area contributed by atoms with E-state index in [0.717, 1.165) is 6.07 Å². The first-order chi connectivity index (χ1) is 11.1. The molecule has 0 radical (unpaired) electrons. The predicted molar refractivity (Wildman–Crippen MR) is 84.0 cm³/mol. The molecule has 0 atom stereocenters. The van der Waals surface area contributed by atoms with E-state index in [1.807, 2.05) is 20.8 Å². The van der Waals surface area contributed by atoms with Crippen molar-refractivity contribution in [1.29, 1.82) is 0 Å². The fraction of sp³-hybridized carbons (Fsp3) is 0.312. The average molecular weight is 338 g/mol. The van der Waals surface area contributed by atoms with E-state index >= 15 is 0 Å². The molecule has 0 bridgehead atoms. The molecule has 2 N–H and O–H groups in total. The molecule has 128 valence electrons. The van der Waals surface area contributed by atoms with Gasteiger partial charge in [0.2, 0.25) is 0 Å². The second-order valence-electron chi connectivity index (χ2n) is 6.18. The molecule has 0 saturated heterocycles. The Balaban J connectivity index is 2.17. The van der Waals surface area contributed by atoms with Gasteiger partial charge in [0.05, 0.1) is 11.3 Å². The minimum Gasteiger partial charge on any atom is -0.346 e. The number of para-hydroxylation sites is 1. The van der Waals surface area contributed by atoms with Gasteiger partial charge in [0.25, 0.3) is 5.91 Å². The summed E-state index contributed by atoms with van der Waals surface area (Å²) in [5.74, 6) is -0.295. The lowest BCUT2D eigenvalue weighted by atomic mass is 10.1. The Kier molecular flexibility index (Phi) is 4.77. The van der Waals surface area contributed by atoms with Crippen molar-refractivity contribution in [2.75, 3.05) is 5.32 Å². The summed E-state index contributed by atoms with van der Waals surface area (Å²) in [5, 5.41) is 12.8. The van der Waals surface area contributed by atoms with Crippen LogP contribution in [-0.4, -0.2) is 21.6 Å². The highest BCUT2D eigenvalue weighted by Gasteiger charge is 2.33. The van der Waals surface area contributed by atoms with E-state index < -0.39 is 23.2 Å². The maximum atomic E-state index is 12.9. The number of anilines is 2. The number of rotatable bonds is 3. The molecule has 0 aliphatic rings. The van der Waals surface area contributed by atoms with E-state index in [0.29, 0.717) is 0 Å². The number of aromatic nitrogens is 2. The maximum Gasteiger partial charge on any atom is 0.418 e. The van der Waals surface area contributed by atoms with Crippen molar-refractivity contribution < 1.29 is 18.0 Å². The van der Waals surface area contributed by atoms with Gasteiger partial charge in [0.15, 0.2) is 11.5 Å². The van der Waals surface area contributed by atoms with Gasteiger partial charge >= 0.3 is 6.18 Å². The van der Waals surface area contributed by atoms with E-state index in [9.17, 15) is 18.0 Å². The van der Waals surface area contributed by atoms with Gasteiger partial charge in [-0.05, 0) is 45.0 Å². The highest BCUT2D eigenvalue weighted by molar-refractivity contribution is 5.92. The first kappa shape index (κ1) is 17.7. The number of nitrogens with one attached hydrogen (secondary N) is 2. The normalized spacial score (nSPS) is 11.9. The number of hydrogen-bond donors (Lipinski definition) is 2. The standard InChI is InChI=1S/C16H17F3N4O/c1-15(2,3)21-14(24)12-8-9-13(23-22-12)20-11-7-5-4-6-10(11)16(17,18)19/h4-9H,1-3H3,(H,20,23)(H,21,24). The van der Waals surface area contributed by atoms with Crippen LogP contribution in [0.5, 0.6) is 0 Å². The summed E-state index contributed by atoms with van der Waals surface area (Å²) in [6.45, 7) is 5.47. The lowest BCUT2D eigenvalue weighted by Gasteiger charge is -2.19. The topological polar surface area (TPSA) is 66.9 Å². The molecule has 1 heterocycles. The number of alkyl halides is 3. The van der Waals surface area contributed by atoms with Crippen molar-refractivity contribution >= 4 is 17.4 Å². The third-order valence-electron chi connectivity index (χ3n) is 2.88. The molecular weight excluding hydrogens is 321 g/mol. The van der Waals surface area contributed by atoms with E-state index in [4.69, 9.17) is 0 Å². The first-order valence-electron chi connectivity index (χ1n) is 7.16. The van der Waals surface area contributed by atoms with Crippen molar-refractivity contribution in [2.24, 2.45) is 0 Å². The highest BCUT2D eigenvalue weighted by Crippen LogP contribution is 2.35. The number of halogens is 3. The predicted octanol–water partition coefficient (Wildman–Crippen LogP) is 3.77. The van der Waals surface area contributed by atoms with Crippen LogP contribution in [0.2, 0.25) is 0 Å². The van der Waals surface area contributed by atoms with Crippen LogP contribution in [0.1, 0.15) is 36.8 Å². The fourth-order valence-electron chi connectivity index (χ4n) is 1.90. The molecule has 0 saturated carbocycles. The van der Waals surface area contributed by atoms with Crippen molar-refractivity contribution in [3.05, 3.63) is 47.7 Å². The van der Waals surface area contributed by atoms with E-state index in [-0.39, 0.29) is 17.2 Å². The average Bonchev–Trinajstić information content (AvgIpc) is 2.45.